The van der Waals surface area contributed by atoms with E-state index in [2.05, 4.69) is 5.59 Å². The Hall–Kier alpha value is -0.770. The molecular formula is C6H7ClN2O. The van der Waals surface area contributed by atoms with Crippen molar-refractivity contribution in [1.82, 2.24) is 5.59 Å². The number of nitrogens with one attached hydrogen (secondary N) is 1. The molecule has 0 unspecified atom stereocenters. The quantitative estimate of drug-likeness (QED) is 0.501. The second-order valence-electron chi connectivity index (χ2n) is 1.68. The van der Waals surface area contributed by atoms with Crippen LogP contribution in [0.3, 0.4) is 0 Å². The highest BCUT2D eigenvalue weighted by atomic mass is 35.5. The van der Waals surface area contributed by atoms with Crippen LogP contribution in [0, 0.1) is 0 Å². The zero-order valence-electron chi connectivity index (χ0n) is 5.17. The van der Waals surface area contributed by atoms with Gasteiger partial charge in [-0.25, -0.2) is 5.84 Å². The summed E-state index contributed by atoms with van der Waals surface area (Å²) in [6.07, 6.45) is 0. The first-order chi connectivity index (χ1) is 4.83. The van der Waals surface area contributed by atoms with E-state index in [-0.39, 0.29) is 0 Å². The van der Waals surface area contributed by atoms with Crippen molar-refractivity contribution in [3.05, 3.63) is 29.3 Å². The van der Waals surface area contributed by atoms with Gasteiger partial charge in [0.15, 0.2) is 0 Å². The molecule has 4 heteroatoms. The summed E-state index contributed by atoms with van der Waals surface area (Å²) in [6.45, 7) is 0. The molecule has 0 bridgehead atoms. The summed E-state index contributed by atoms with van der Waals surface area (Å²) < 4.78 is 0. The second-order valence-corrected chi connectivity index (χ2v) is 2.11. The molecule has 0 aromatic heterocycles. The molecule has 0 aliphatic heterocycles. The molecule has 0 atom stereocenters. The zero-order chi connectivity index (χ0) is 7.40. The third-order valence-corrected chi connectivity index (χ3v) is 1.21. The third kappa shape index (κ3) is 1.88. The average Bonchev–Trinajstić information content (AvgIpc) is 1.88. The smallest absolute Gasteiger partial charge is 0.150 e. The molecule has 3 N–H and O–H groups in total. The van der Waals surface area contributed by atoms with Gasteiger partial charge in [-0.3, -0.25) is 0 Å². The Morgan fingerprint density at radius 2 is 2.30 bits per heavy atom. The van der Waals surface area contributed by atoms with Crippen molar-refractivity contribution in [3.63, 3.8) is 0 Å². The molecule has 10 heavy (non-hydrogen) atoms. The number of hydrazine groups is 1. The van der Waals surface area contributed by atoms with Crippen molar-refractivity contribution in [2.45, 2.75) is 0 Å². The number of hydrogen-bond acceptors (Lipinski definition) is 3. The predicted octanol–water partition coefficient (Wildman–Crippen LogP) is 1.10. The monoisotopic (exact) mass is 158 g/mol. The summed E-state index contributed by atoms with van der Waals surface area (Å²) in [6, 6.07) is 6.92. The summed E-state index contributed by atoms with van der Waals surface area (Å²) in [5.74, 6) is 5.49. The zero-order valence-corrected chi connectivity index (χ0v) is 5.93. The lowest BCUT2D eigenvalue weighted by Crippen LogP contribution is -2.25. The molecule has 0 radical (unpaired) electrons. The van der Waals surface area contributed by atoms with Gasteiger partial charge < -0.3 is 4.84 Å². The van der Waals surface area contributed by atoms with Gasteiger partial charge in [0.25, 0.3) is 0 Å². The lowest BCUT2D eigenvalue weighted by Gasteiger charge is -2.00. The maximum Gasteiger partial charge on any atom is 0.150 e. The van der Waals surface area contributed by atoms with E-state index in [1.807, 2.05) is 0 Å². The van der Waals surface area contributed by atoms with E-state index in [0.717, 1.165) is 0 Å². The molecule has 0 amide bonds. The Labute approximate surface area is 63.7 Å². The van der Waals surface area contributed by atoms with E-state index >= 15 is 0 Å². The maximum atomic E-state index is 5.63. The molecule has 54 valence electrons. The first kappa shape index (κ1) is 7.34. The highest BCUT2D eigenvalue weighted by molar-refractivity contribution is 6.30. The predicted molar refractivity (Wildman–Crippen MR) is 39.4 cm³/mol. The largest absolute Gasteiger partial charge is 0.394 e. The van der Waals surface area contributed by atoms with Gasteiger partial charge in [0, 0.05) is 11.1 Å². The SMILES string of the molecule is NNOc1cccc(Cl)c1. The van der Waals surface area contributed by atoms with E-state index in [1.165, 1.54) is 0 Å². The fourth-order valence-corrected chi connectivity index (χ4v) is 0.779. The lowest BCUT2D eigenvalue weighted by atomic mass is 10.3. The number of halogens is 1. The van der Waals surface area contributed by atoms with Gasteiger partial charge in [0.05, 0.1) is 0 Å². The Morgan fingerprint density at radius 3 is 2.90 bits per heavy atom. The molecule has 3 nitrogen and oxygen atoms in total. The molecule has 1 aromatic carbocycles. The van der Waals surface area contributed by atoms with E-state index < -0.39 is 0 Å². The van der Waals surface area contributed by atoms with Crippen LogP contribution >= 0.6 is 11.6 Å². The van der Waals surface area contributed by atoms with Crippen molar-refractivity contribution in [3.8, 4) is 5.75 Å². The van der Waals surface area contributed by atoms with E-state index in [1.54, 1.807) is 24.3 Å². The Bertz CT molecular complexity index is 217. The van der Waals surface area contributed by atoms with Crippen LogP contribution in [0.15, 0.2) is 24.3 Å². The fraction of sp³-hybridized carbons (Fsp3) is 0. The van der Waals surface area contributed by atoms with Crippen LogP contribution in [0.4, 0.5) is 0 Å². The van der Waals surface area contributed by atoms with Gasteiger partial charge in [-0.1, -0.05) is 23.3 Å². The standard InChI is InChI=1S/C6H7ClN2O/c7-5-2-1-3-6(4-5)10-9-8/h1-4,9H,8H2. The molecule has 0 saturated carbocycles. The van der Waals surface area contributed by atoms with Gasteiger partial charge in [-0.2, -0.15) is 0 Å². The molecule has 0 fully saturated rings. The number of benzene rings is 1. The summed E-state index contributed by atoms with van der Waals surface area (Å²) in [5, 5.41) is 0.618. The Morgan fingerprint density at radius 1 is 1.50 bits per heavy atom. The second kappa shape index (κ2) is 3.41. The summed E-state index contributed by atoms with van der Waals surface area (Å²) in [4.78, 5) is 4.73. The topological polar surface area (TPSA) is 47.3 Å². The van der Waals surface area contributed by atoms with E-state index in [0.29, 0.717) is 10.8 Å². The van der Waals surface area contributed by atoms with Gasteiger partial charge in [-0.05, 0) is 12.1 Å². The Kier molecular flexibility index (Phi) is 2.50. The molecule has 0 aliphatic carbocycles. The first-order valence-corrected chi connectivity index (χ1v) is 3.09. The average molecular weight is 159 g/mol. The van der Waals surface area contributed by atoms with Crippen LogP contribution in [0.1, 0.15) is 0 Å². The van der Waals surface area contributed by atoms with Crippen molar-refractivity contribution >= 4 is 11.6 Å². The number of hydrogen-bond donors (Lipinski definition) is 2. The van der Waals surface area contributed by atoms with E-state index in [4.69, 9.17) is 22.3 Å². The van der Waals surface area contributed by atoms with Gasteiger partial charge in [0.2, 0.25) is 0 Å². The minimum atomic E-state index is 0.593. The van der Waals surface area contributed by atoms with Crippen LogP contribution in [0.2, 0.25) is 5.02 Å². The van der Waals surface area contributed by atoms with Crippen molar-refractivity contribution < 1.29 is 4.84 Å². The lowest BCUT2D eigenvalue weighted by molar-refractivity contribution is 0.199. The molecule has 0 spiro atoms. The third-order valence-electron chi connectivity index (χ3n) is 0.973. The summed E-state index contributed by atoms with van der Waals surface area (Å²) >= 11 is 5.63. The van der Waals surface area contributed by atoms with Crippen molar-refractivity contribution in [2.24, 2.45) is 5.84 Å². The van der Waals surface area contributed by atoms with Gasteiger partial charge in [-0.15, -0.1) is 0 Å². The number of nitrogens with two attached hydrogens (primary N) is 1. The molecule has 1 rings (SSSR count). The van der Waals surface area contributed by atoms with Crippen LogP contribution in [0.25, 0.3) is 0 Å². The van der Waals surface area contributed by atoms with Gasteiger partial charge in [0.1, 0.15) is 5.75 Å². The molecular weight excluding hydrogens is 152 g/mol. The minimum Gasteiger partial charge on any atom is -0.394 e. The Balaban J connectivity index is 2.75. The highest BCUT2D eigenvalue weighted by Crippen LogP contribution is 2.15. The fourth-order valence-electron chi connectivity index (χ4n) is 0.599. The molecule has 0 heterocycles. The van der Waals surface area contributed by atoms with Crippen LogP contribution < -0.4 is 16.3 Å². The number of rotatable bonds is 2. The maximum absolute atomic E-state index is 5.63. The van der Waals surface area contributed by atoms with Gasteiger partial charge >= 0.3 is 0 Å². The highest BCUT2D eigenvalue weighted by Gasteiger charge is 1.91. The van der Waals surface area contributed by atoms with Crippen LogP contribution in [-0.4, -0.2) is 0 Å². The first-order valence-electron chi connectivity index (χ1n) is 2.71. The molecule has 0 aliphatic rings. The summed E-state index contributed by atoms with van der Waals surface area (Å²) in [7, 11) is 0. The molecule has 0 saturated heterocycles. The molecule has 1 aromatic rings. The summed E-state index contributed by atoms with van der Waals surface area (Å²) in [5.41, 5.74) is 2.05. The van der Waals surface area contributed by atoms with Crippen LogP contribution in [0.5, 0.6) is 5.75 Å². The minimum absolute atomic E-state index is 0.593. The van der Waals surface area contributed by atoms with Crippen molar-refractivity contribution in [2.75, 3.05) is 0 Å². The van der Waals surface area contributed by atoms with Crippen LogP contribution in [-0.2, 0) is 0 Å². The van der Waals surface area contributed by atoms with E-state index in [9.17, 15) is 0 Å². The normalized spacial score (nSPS) is 9.40. The van der Waals surface area contributed by atoms with Crippen molar-refractivity contribution in [1.29, 1.82) is 0 Å².